The van der Waals surface area contributed by atoms with Crippen molar-refractivity contribution in [3.8, 4) is 0 Å². The van der Waals surface area contributed by atoms with Gasteiger partial charge in [0.2, 0.25) is 0 Å². The van der Waals surface area contributed by atoms with Gasteiger partial charge in [0.1, 0.15) is 0 Å². The molecule has 1 N–H and O–H groups in total. The second-order valence-electron chi connectivity index (χ2n) is 9.15. The van der Waals surface area contributed by atoms with E-state index < -0.39 is 0 Å². The minimum atomic E-state index is 0.712. The van der Waals surface area contributed by atoms with Crippen LogP contribution in [0.4, 0.5) is 0 Å². The van der Waals surface area contributed by atoms with Gasteiger partial charge in [-0.2, -0.15) is 0 Å². The summed E-state index contributed by atoms with van der Waals surface area (Å²) in [6.07, 6.45) is 16.7. The largest absolute Gasteiger partial charge is 0.316 e. The first-order valence-electron chi connectivity index (χ1n) is 10.1. The Morgan fingerprint density at radius 3 is 2.14 bits per heavy atom. The average Bonchev–Trinajstić information content (AvgIpc) is 3.01. The smallest absolute Gasteiger partial charge is 0.00123 e. The zero-order chi connectivity index (χ0) is 15.0. The molecule has 0 aromatic carbocycles. The molecule has 2 aliphatic heterocycles. The second kappa shape index (κ2) is 6.09. The summed E-state index contributed by atoms with van der Waals surface area (Å²) in [5.74, 6) is 2.02. The van der Waals surface area contributed by atoms with Crippen LogP contribution in [0.1, 0.15) is 70.6 Å². The topological polar surface area (TPSA) is 15.3 Å². The van der Waals surface area contributed by atoms with E-state index in [0.29, 0.717) is 5.41 Å². The van der Waals surface area contributed by atoms with Crippen LogP contribution in [-0.2, 0) is 0 Å². The lowest BCUT2D eigenvalue weighted by Crippen LogP contribution is -2.54. The van der Waals surface area contributed by atoms with Crippen LogP contribution in [0, 0.1) is 22.7 Å². The van der Waals surface area contributed by atoms with Gasteiger partial charge in [-0.15, -0.1) is 0 Å². The molecular weight excluding hydrogens is 268 g/mol. The van der Waals surface area contributed by atoms with E-state index in [9.17, 15) is 0 Å². The molecule has 0 aromatic heterocycles. The summed E-state index contributed by atoms with van der Waals surface area (Å²) in [6.45, 7) is 5.33. The monoisotopic (exact) mass is 304 g/mol. The SMILES string of the molecule is CN1CCC2(CCCCC2C2CNCCC23CCCC3)CC1. The number of hydrogen-bond donors (Lipinski definition) is 1. The summed E-state index contributed by atoms with van der Waals surface area (Å²) in [6, 6.07) is 0. The first-order chi connectivity index (χ1) is 10.7. The molecule has 2 heterocycles. The van der Waals surface area contributed by atoms with E-state index in [-0.39, 0.29) is 0 Å². The number of piperidine rings is 2. The van der Waals surface area contributed by atoms with Crippen LogP contribution >= 0.6 is 0 Å². The lowest BCUT2D eigenvalue weighted by atomic mass is 9.51. The summed E-state index contributed by atoms with van der Waals surface area (Å²) in [5.41, 5.74) is 1.45. The molecule has 2 unspecified atom stereocenters. The Kier molecular flexibility index (Phi) is 4.28. The van der Waals surface area contributed by atoms with Crippen LogP contribution in [-0.4, -0.2) is 38.1 Å². The highest BCUT2D eigenvalue weighted by Gasteiger charge is 2.53. The lowest BCUT2D eigenvalue weighted by Gasteiger charge is -2.56. The fourth-order valence-electron chi connectivity index (χ4n) is 6.91. The molecule has 2 saturated heterocycles. The highest BCUT2D eigenvalue weighted by Crippen LogP contribution is 2.59. The van der Waals surface area contributed by atoms with Crippen LogP contribution in [0.15, 0.2) is 0 Å². The highest BCUT2D eigenvalue weighted by molar-refractivity contribution is 5.04. The zero-order valence-corrected chi connectivity index (χ0v) is 14.7. The molecule has 0 aromatic rings. The molecule has 22 heavy (non-hydrogen) atoms. The van der Waals surface area contributed by atoms with Crippen LogP contribution in [0.2, 0.25) is 0 Å². The Balaban J connectivity index is 1.60. The molecule has 2 saturated carbocycles. The number of likely N-dealkylation sites (tertiary alicyclic amines) is 1. The molecule has 4 aliphatic rings. The quantitative estimate of drug-likeness (QED) is 0.786. The summed E-state index contributed by atoms with van der Waals surface area (Å²) in [7, 11) is 2.32. The van der Waals surface area contributed by atoms with Crippen molar-refractivity contribution in [3.05, 3.63) is 0 Å². The molecule has 2 nitrogen and oxygen atoms in total. The Labute approximate surface area is 137 Å². The number of rotatable bonds is 1. The maximum Gasteiger partial charge on any atom is -0.00123 e. The van der Waals surface area contributed by atoms with Gasteiger partial charge in [0, 0.05) is 0 Å². The van der Waals surface area contributed by atoms with Gasteiger partial charge in [-0.1, -0.05) is 25.7 Å². The van der Waals surface area contributed by atoms with Crippen LogP contribution < -0.4 is 5.32 Å². The summed E-state index contributed by atoms with van der Waals surface area (Å²) < 4.78 is 0. The van der Waals surface area contributed by atoms with Gasteiger partial charge in [-0.25, -0.2) is 0 Å². The van der Waals surface area contributed by atoms with Crippen LogP contribution in [0.25, 0.3) is 0 Å². The van der Waals surface area contributed by atoms with E-state index in [4.69, 9.17) is 0 Å². The lowest BCUT2D eigenvalue weighted by molar-refractivity contribution is -0.0604. The predicted molar refractivity (Wildman–Crippen MR) is 93.0 cm³/mol. The standard InChI is InChI=1S/C20H36N2/c1-22-14-11-20(12-15-22)7-3-2-6-17(20)18-16-21-13-10-19(18)8-4-5-9-19/h17-18,21H,2-16H2,1H3. The van der Waals surface area contributed by atoms with Crippen LogP contribution in [0.5, 0.6) is 0 Å². The summed E-state index contributed by atoms with van der Waals surface area (Å²) in [4.78, 5) is 2.57. The number of nitrogens with one attached hydrogen (secondary N) is 1. The molecule has 4 rings (SSSR count). The van der Waals surface area contributed by atoms with E-state index in [1.165, 1.54) is 84.0 Å². The van der Waals surface area contributed by atoms with E-state index in [0.717, 1.165) is 17.3 Å². The molecule has 2 spiro atoms. The fraction of sp³-hybridized carbons (Fsp3) is 1.00. The van der Waals surface area contributed by atoms with Gasteiger partial charge in [0.15, 0.2) is 0 Å². The number of nitrogens with zero attached hydrogens (tertiary/aromatic N) is 1. The summed E-state index contributed by atoms with van der Waals surface area (Å²) in [5, 5.41) is 3.80. The Morgan fingerprint density at radius 2 is 1.41 bits per heavy atom. The molecule has 2 aliphatic carbocycles. The van der Waals surface area contributed by atoms with Gasteiger partial charge in [-0.05, 0) is 101 Å². The minimum Gasteiger partial charge on any atom is -0.316 e. The molecule has 126 valence electrons. The van der Waals surface area contributed by atoms with E-state index in [2.05, 4.69) is 17.3 Å². The molecule has 0 amide bonds. The van der Waals surface area contributed by atoms with Crippen molar-refractivity contribution in [3.63, 3.8) is 0 Å². The average molecular weight is 305 g/mol. The normalized spacial score (nSPS) is 38.6. The van der Waals surface area contributed by atoms with Crippen molar-refractivity contribution in [2.24, 2.45) is 22.7 Å². The summed E-state index contributed by atoms with van der Waals surface area (Å²) >= 11 is 0. The Morgan fingerprint density at radius 1 is 0.773 bits per heavy atom. The van der Waals surface area contributed by atoms with Crippen molar-refractivity contribution >= 4 is 0 Å². The molecule has 4 fully saturated rings. The van der Waals surface area contributed by atoms with Gasteiger partial charge >= 0.3 is 0 Å². The molecule has 2 heteroatoms. The zero-order valence-electron chi connectivity index (χ0n) is 14.7. The van der Waals surface area contributed by atoms with Crippen molar-refractivity contribution in [1.29, 1.82) is 0 Å². The third kappa shape index (κ3) is 2.55. The van der Waals surface area contributed by atoms with Gasteiger partial charge in [0.25, 0.3) is 0 Å². The number of hydrogen-bond acceptors (Lipinski definition) is 2. The van der Waals surface area contributed by atoms with E-state index >= 15 is 0 Å². The maximum atomic E-state index is 3.80. The Hall–Kier alpha value is -0.0800. The fourth-order valence-corrected chi connectivity index (χ4v) is 6.91. The van der Waals surface area contributed by atoms with Gasteiger partial charge in [0.05, 0.1) is 0 Å². The first-order valence-corrected chi connectivity index (χ1v) is 10.1. The van der Waals surface area contributed by atoms with Crippen molar-refractivity contribution < 1.29 is 0 Å². The molecule has 0 bridgehead atoms. The van der Waals surface area contributed by atoms with Crippen molar-refractivity contribution in [2.75, 3.05) is 33.2 Å². The molecule has 0 radical (unpaired) electrons. The maximum absolute atomic E-state index is 3.80. The molecular formula is C20H36N2. The highest BCUT2D eigenvalue weighted by atomic mass is 15.1. The minimum absolute atomic E-state index is 0.712. The third-order valence-corrected chi connectivity index (χ3v) is 8.24. The third-order valence-electron chi connectivity index (χ3n) is 8.24. The Bertz CT molecular complexity index is 377. The van der Waals surface area contributed by atoms with Gasteiger partial charge < -0.3 is 10.2 Å². The van der Waals surface area contributed by atoms with Gasteiger partial charge in [-0.3, -0.25) is 0 Å². The van der Waals surface area contributed by atoms with Crippen molar-refractivity contribution in [1.82, 2.24) is 10.2 Å². The predicted octanol–water partition coefficient (Wildman–Crippen LogP) is 4.06. The van der Waals surface area contributed by atoms with Crippen molar-refractivity contribution in [2.45, 2.75) is 70.6 Å². The van der Waals surface area contributed by atoms with E-state index in [1.807, 2.05) is 0 Å². The van der Waals surface area contributed by atoms with E-state index in [1.54, 1.807) is 12.8 Å². The second-order valence-corrected chi connectivity index (χ2v) is 9.15. The van der Waals surface area contributed by atoms with Crippen LogP contribution in [0.3, 0.4) is 0 Å². The molecule has 2 atom stereocenters. The first kappa shape index (κ1) is 15.4.